The molecule has 0 fully saturated rings. The van der Waals surface area contributed by atoms with Crippen LogP contribution in [0.15, 0.2) is 29.6 Å². The molecule has 1 amide bonds. The van der Waals surface area contributed by atoms with Crippen LogP contribution in [-0.2, 0) is 17.8 Å². The van der Waals surface area contributed by atoms with Crippen molar-refractivity contribution in [3.05, 3.63) is 45.9 Å². The van der Waals surface area contributed by atoms with Gasteiger partial charge in [-0.2, -0.15) is 0 Å². The molecule has 1 aromatic carbocycles. The summed E-state index contributed by atoms with van der Waals surface area (Å²) < 4.78 is 0. The molecule has 0 saturated carbocycles. The van der Waals surface area contributed by atoms with Crippen LogP contribution in [0, 0.1) is 0 Å². The first-order valence-electron chi connectivity index (χ1n) is 5.80. The van der Waals surface area contributed by atoms with E-state index in [0.717, 1.165) is 16.4 Å². The molecule has 0 unspecified atom stereocenters. The van der Waals surface area contributed by atoms with Gasteiger partial charge in [0.1, 0.15) is 0 Å². The zero-order chi connectivity index (χ0) is 13.7. The van der Waals surface area contributed by atoms with Gasteiger partial charge in [-0.15, -0.1) is 11.3 Å². The van der Waals surface area contributed by atoms with E-state index in [4.69, 9.17) is 11.6 Å². The van der Waals surface area contributed by atoms with Crippen LogP contribution in [0.2, 0.25) is 5.02 Å². The van der Waals surface area contributed by atoms with Crippen molar-refractivity contribution in [3.63, 3.8) is 0 Å². The standard InChI is InChI=1S/C13H14ClN3OS/c1-15-13-17-11(8-19-13)6-12(18)16-7-9-2-4-10(14)5-3-9/h2-5,8H,6-7H2,1H3,(H,15,17)(H,16,18). The highest BCUT2D eigenvalue weighted by Gasteiger charge is 2.06. The molecule has 1 aromatic heterocycles. The summed E-state index contributed by atoms with van der Waals surface area (Å²) in [7, 11) is 1.81. The van der Waals surface area contributed by atoms with Gasteiger partial charge in [-0.05, 0) is 17.7 Å². The molecule has 0 aliphatic heterocycles. The van der Waals surface area contributed by atoms with E-state index in [1.807, 2.05) is 36.7 Å². The summed E-state index contributed by atoms with van der Waals surface area (Å²) in [6.45, 7) is 0.499. The van der Waals surface area contributed by atoms with Gasteiger partial charge >= 0.3 is 0 Å². The predicted octanol–water partition coefficient (Wildman–Crippen LogP) is 2.70. The van der Waals surface area contributed by atoms with Crippen LogP contribution >= 0.6 is 22.9 Å². The average Bonchev–Trinajstić information content (AvgIpc) is 2.86. The van der Waals surface area contributed by atoms with Gasteiger partial charge < -0.3 is 10.6 Å². The van der Waals surface area contributed by atoms with Crippen LogP contribution in [0.25, 0.3) is 0 Å². The van der Waals surface area contributed by atoms with Gasteiger partial charge in [0.15, 0.2) is 5.13 Å². The molecule has 2 rings (SSSR count). The maximum atomic E-state index is 11.8. The number of aromatic nitrogens is 1. The number of benzene rings is 1. The lowest BCUT2D eigenvalue weighted by molar-refractivity contribution is -0.120. The van der Waals surface area contributed by atoms with Crippen LogP contribution in [0.1, 0.15) is 11.3 Å². The third-order valence-corrected chi connectivity index (χ3v) is 3.67. The number of thiazole rings is 1. The summed E-state index contributed by atoms with van der Waals surface area (Å²) in [5.41, 5.74) is 1.80. The Morgan fingerprint density at radius 3 is 2.74 bits per heavy atom. The second-order valence-corrected chi connectivity index (χ2v) is 5.27. The Kier molecular flexibility index (Phi) is 4.76. The van der Waals surface area contributed by atoms with E-state index in [0.29, 0.717) is 18.0 Å². The number of carbonyl (C=O) groups excluding carboxylic acids is 1. The van der Waals surface area contributed by atoms with E-state index < -0.39 is 0 Å². The monoisotopic (exact) mass is 295 g/mol. The molecule has 0 bridgehead atoms. The van der Waals surface area contributed by atoms with E-state index >= 15 is 0 Å². The predicted molar refractivity (Wildman–Crippen MR) is 78.7 cm³/mol. The van der Waals surface area contributed by atoms with Crippen LogP contribution in [0.3, 0.4) is 0 Å². The molecule has 4 nitrogen and oxygen atoms in total. The van der Waals surface area contributed by atoms with Crippen molar-refractivity contribution in [2.45, 2.75) is 13.0 Å². The fraction of sp³-hybridized carbons (Fsp3) is 0.231. The number of hydrogen-bond donors (Lipinski definition) is 2. The highest BCUT2D eigenvalue weighted by Crippen LogP contribution is 2.14. The summed E-state index contributed by atoms with van der Waals surface area (Å²) in [5, 5.41) is 9.20. The Balaban J connectivity index is 1.82. The molecule has 1 heterocycles. The molecule has 0 aliphatic carbocycles. The minimum Gasteiger partial charge on any atom is -0.365 e. The topological polar surface area (TPSA) is 54.0 Å². The van der Waals surface area contributed by atoms with Gasteiger partial charge in [0, 0.05) is 24.0 Å². The zero-order valence-corrected chi connectivity index (χ0v) is 12.0. The SMILES string of the molecule is CNc1nc(CC(=O)NCc2ccc(Cl)cc2)cs1. The fourth-order valence-electron chi connectivity index (χ4n) is 1.53. The van der Waals surface area contributed by atoms with Crippen molar-refractivity contribution in [3.8, 4) is 0 Å². The van der Waals surface area contributed by atoms with Gasteiger partial charge in [-0.1, -0.05) is 23.7 Å². The van der Waals surface area contributed by atoms with Gasteiger partial charge in [0.05, 0.1) is 12.1 Å². The molecule has 0 aliphatic rings. The molecular formula is C13H14ClN3OS. The zero-order valence-electron chi connectivity index (χ0n) is 10.4. The minimum atomic E-state index is -0.0390. The number of nitrogens with zero attached hydrogens (tertiary/aromatic N) is 1. The Morgan fingerprint density at radius 1 is 1.37 bits per heavy atom. The second-order valence-electron chi connectivity index (χ2n) is 3.97. The van der Waals surface area contributed by atoms with Crippen molar-refractivity contribution in [1.82, 2.24) is 10.3 Å². The fourth-order valence-corrected chi connectivity index (χ4v) is 2.33. The summed E-state index contributed by atoms with van der Waals surface area (Å²) in [5.74, 6) is -0.0390. The number of halogens is 1. The number of rotatable bonds is 5. The summed E-state index contributed by atoms with van der Waals surface area (Å²) in [6.07, 6.45) is 0.297. The molecule has 0 spiro atoms. The molecule has 6 heteroatoms. The molecule has 0 radical (unpaired) electrons. The van der Waals surface area contributed by atoms with Crippen LogP contribution in [0.5, 0.6) is 0 Å². The van der Waals surface area contributed by atoms with Crippen molar-refractivity contribution in [1.29, 1.82) is 0 Å². The van der Waals surface area contributed by atoms with Gasteiger partial charge in [0.25, 0.3) is 0 Å². The first-order valence-corrected chi connectivity index (χ1v) is 7.06. The smallest absolute Gasteiger partial charge is 0.226 e. The highest BCUT2D eigenvalue weighted by atomic mass is 35.5. The molecule has 19 heavy (non-hydrogen) atoms. The van der Waals surface area contributed by atoms with Crippen molar-refractivity contribution < 1.29 is 4.79 Å². The van der Waals surface area contributed by atoms with Gasteiger partial charge in [-0.25, -0.2) is 4.98 Å². The van der Waals surface area contributed by atoms with E-state index in [1.54, 1.807) is 0 Å². The van der Waals surface area contributed by atoms with Gasteiger partial charge in [0.2, 0.25) is 5.91 Å². The van der Waals surface area contributed by atoms with E-state index in [9.17, 15) is 4.79 Å². The van der Waals surface area contributed by atoms with E-state index in [1.165, 1.54) is 11.3 Å². The molecule has 0 saturated heterocycles. The molecule has 2 aromatic rings. The number of nitrogens with one attached hydrogen (secondary N) is 2. The molecular weight excluding hydrogens is 282 g/mol. The molecule has 2 N–H and O–H groups in total. The summed E-state index contributed by atoms with van der Waals surface area (Å²) in [6, 6.07) is 7.40. The van der Waals surface area contributed by atoms with Crippen molar-refractivity contribution in [2.24, 2.45) is 0 Å². The quantitative estimate of drug-likeness (QED) is 0.892. The van der Waals surface area contributed by atoms with E-state index in [-0.39, 0.29) is 5.91 Å². The third-order valence-electron chi connectivity index (χ3n) is 2.51. The number of anilines is 1. The van der Waals surface area contributed by atoms with Crippen molar-refractivity contribution >= 4 is 34.0 Å². The Labute approximate surface area is 120 Å². The second kappa shape index (κ2) is 6.54. The van der Waals surface area contributed by atoms with Crippen LogP contribution in [0.4, 0.5) is 5.13 Å². The van der Waals surface area contributed by atoms with Crippen LogP contribution < -0.4 is 10.6 Å². The summed E-state index contributed by atoms with van der Waals surface area (Å²) >= 11 is 7.29. The molecule has 0 atom stereocenters. The third kappa shape index (κ3) is 4.22. The lowest BCUT2D eigenvalue weighted by atomic mass is 10.2. The summed E-state index contributed by atoms with van der Waals surface area (Å²) in [4.78, 5) is 16.0. The Bertz CT molecular complexity index is 553. The normalized spacial score (nSPS) is 10.2. The Morgan fingerprint density at radius 2 is 2.11 bits per heavy atom. The maximum Gasteiger partial charge on any atom is 0.226 e. The first kappa shape index (κ1) is 13.8. The maximum absolute atomic E-state index is 11.8. The Hall–Kier alpha value is -1.59. The minimum absolute atomic E-state index is 0.0390. The largest absolute Gasteiger partial charge is 0.365 e. The molecule has 100 valence electrons. The first-order chi connectivity index (χ1) is 9.17. The van der Waals surface area contributed by atoms with Crippen molar-refractivity contribution in [2.75, 3.05) is 12.4 Å². The van der Waals surface area contributed by atoms with Crippen LogP contribution in [-0.4, -0.2) is 17.9 Å². The number of hydrogen-bond acceptors (Lipinski definition) is 4. The average molecular weight is 296 g/mol. The van der Waals surface area contributed by atoms with E-state index in [2.05, 4.69) is 15.6 Å². The number of amides is 1. The van der Waals surface area contributed by atoms with Gasteiger partial charge in [-0.3, -0.25) is 4.79 Å². The lowest BCUT2D eigenvalue weighted by Gasteiger charge is -2.04. The highest BCUT2D eigenvalue weighted by molar-refractivity contribution is 7.13. The number of carbonyl (C=O) groups is 1. The lowest BCUT2D eigenvalue weighted by Crippen LogP contribution is -2.24.